The van der Waals surface area contributed by atoms with Crippen molar-refractivity contribution in [1.82, 2.24) is 0 Å². The van der Waals surface area contributed by atoms with Crippen LogP contribution in [-0.4, -0.2) is 11.5 Å². The quantitative estimate of drug-likeness (QED) is 0.576. The summed E-state index contributed by atoms with van der Waals surface area (Å²) in [6.45, 7) is 5.69. The maximum atomic E-state index is 11.7. The molecule has 0 radical (unpaired) electrons. The minimum absolute atomic E-state index is 0.0104. The number of hydrogen-bond acceptors (Lipinski definition) is 2. The van der Waals surface area contributed by atoms with Gasteiger partial charge in [0.15, 0.2) is 0 Å². The van der Waals surface area contributed by atoms with Gasteiger partial charge in [0.25, 0.3) is 0 Å². The van der Waals surface area contributed by atoms with Crippen molar-refractivity contribution in [3.05, 3.63) is 35.4 Å². The lowest BCUT2D eigenvalue weighted by molar-refractivity contribution is 0.106. The Morgan fingerprint density at radius 1 is 1.21 bits per heavy atom. The van der Waals surface area contributed by atoms with Crippen molar-refractivity contribution in [3.63, 3.8) is 0 Å². The number of benzene rings is 1. The number of rotatable bonds is 3. The minimum Gasteiger partial charge on any atom is -0.301 e. The Balaban J connectivity index is 2.90. The molecule has 0 aliphatic carbocycles. The summed E-state index contributed by atoms with van der Waals surface area (Å²) in [6.07, 6.45) is 0. The first-order valence-corrected chi connectivity index (χ1v) is 4.72. The fourth-order valence-corrected chi connectivity index (χ4v) is 1.12. The van der Waals surface area contributed by atoms with E-state index < -0.39 is 0 Å². The predicted molar refractivity (Wildman–Crippen MR) is 58.1 cm³/mol. The smallest absolute Gasteiger partial charge is 0.206 e. The van der Waals surface area contributed by atoms with Crippen LogP contribution in [-0.2, 0) is 0 Å². The van der Waals surface area contributed by atoms with E-state index in [1.54, 1.807) is 12.1 Å². The van der Waals surface area contributed by atoms with E-state index in [9.17, 15) is 4.79 Å². The fraction of sp³-hybridized carbons (Fsp3) is 0.333. The molecule has 14 heavy (non-hydrogen) atoms. The average molecular weight is 189 g/mol. The van der Waals surface area contributed by atoms with Crippen molar-refractivity contribution in [3.8, 4) is 0 Å². The lowest BCUT2D eigenvalue weighted by atomic mass is 9.98. The van der Waals surface area contributed by atoms with Gasteiger partial charge in [0, 0.05) is 5.56 Å². The summed E-state index contributed by atoms with van der Waals surface area (Å²) >= 11 is 0. The van der Waals surface area contributed by atoms with Crippen molar-refractivity contribution < 1.29 is 4.79 Å². The lowest BCUT2D eigenvalue weighted by Crippen LogP contribution is -2.18. The van der Waals surface area contributed by atoms with E-state index in [1.807, 2.05) is 32.9 Å². The van der Waals surface area contributed by atoms with Crippen LogP contribution in [0, 0.1) is 18.3 Å². The molecule has 2 heteroatoms. The minimum atomic E-state index is -0.167. The molecular weight excluding hydrogens is 174 g/mol. The van der Waals surface area contributed by atoms with Gasteiger partial charge in [-0.25, -0.2) is 0 Å². The molecule has 0 aromatic heterocycles. The lowest BCUT2D eigenvalue weighted by Gasteiger charge is -2.06. The van der Waals surface area contributed by atoms with Crippen LogP contribution in [0.1, 0.15) is 29.8 Å². The van der Waals surface area contributed by atoms with Gasteiger partial charge in [-0.1, -0.05) is 43.7 Å². The second kappa shape index (κ2) is 4.18. The van der Waals surface area contributed by atoms with Gasteiger partial charge >= 0.3 is 0 Å². The van der Waals surface area contributed by atoms with Gasteiger partial charge < -0.3 is 5.41 Å². The summed E-state index contributed by atoms with van der Waals surface area (Å²) in [5.74, 6) is -0.177. The van der Waals surface area contributed by atoms with Crippen molar-refractivity contribution in [1.29, 1.82) is 5.41 Å². The Labute approximate surface area is 84.5 Å². The number of carbonyl (C=O) groups excluding carboxylic acids is 1. The van der Waals surface area contributed by atoms with Crippen molar-refractivity contribution >= 4 is 11.5 Å². The second-order valence-corrected chi connectivity index (χ2v) is 3.76. The molecule has 0 saturated heterocycles. The van der Waals surface area contributed by atoms with E-state index >= 15 is 0 Å². The van der Waals surface area contributed by atoms with Crippen molar-refractivity contribution in [2.75, 3.05) is 0 Å². The van der Waals surface area contributed by atoms with Gasteiger partial charge in [-0.2, -0.15) is 0 Å². The summed E-state index contributed by atoms with van der Waals surface area (Å²) in [5.41, 5.74) is 1.90. The Kier molecular flexibility index (Phi) is 3.18. The van der Waals surface area contributed by atoms with Crippen molar-refractivity contribution in [2.45, 2.75) is 20.8 Å². The van der Waals surface area contributed by atoms with Gasteiger partial charge in [-0.15, -0.1) is 0 Å². The first kappa shape index (κ1) is 10.6. The van der Waals surface area contributed by atoms with Crippen LogP contribution in [0.4, 0.5) is 0 Å². The van der Waals surface area contributed by atoms with Crippen LogP contribution >= 0.6 is 0 Å². The molecule has 0 amide bonds. The van der Waals surface area contributed by atoms with E-state index in [2.05, 4.69) is 0 Å². The molecule has 0 aliphatic rings. The summed E-state index contributed by atoms with van der Waals surface area (Å²) in [7, 11) is 0. The standard InChI is InChI=1S/C12H15NO/c1-8(2)11(13)12(14)10-6-4-9(3)5-7-10/h4-8,13H,1-3H3. The van der Waals surface area contributed by atoms with E-state index in [0.29, 0.717) is 5.56 Å². The Morgan fingerprint density at radius 2 is 1.71 bits per heavy atom. The first-order chi connectivity index (χ1) is 6.52. The van der Waals surface area contributed by atoms with Crippen LogP contribution in [0.2, 0.25) is 0 Å². The molecule has 1 rings (SSSR count). The predicted octanol–water partition coefficient (Wildman–Crippen LogP) is 2.85. The fourth-order valence-electron chi connectivity index (χ4n) is 1.12. The molecule has 0 saturated carbocycles. The second-order valence-electron chi connectivity index (χ2n) is 3.76. The molecule has 0 aliphatic heterocycles. The van der Waals surface area contributed by atoms with Gasteiger partial charge in [0.05, 0.1) is 5.71 Å². The molecule has 1 N–H and O–H groups in total. The van der Waals surface area contributed by atoms with Gasteiger partial charge in [0.2, 0.25) is 5.78 Å². The normalized spacial score (nSPS) is 10.3. The highest BCUT2D eigenvalue weighted by atomic mass is 16.1. The summed E-state index contributed by atoms with van der Waals surface area (Å²) < 4.78 is 0. The molecule has 1 aromatic carbocycles. The number of hydrogen-bond donors (Lipinski definition) is 1. The third kappa shape index (κ3) is 2.28. The van der Waals surface area contributed by atoms with E-state index in [0.717, 1.165) is 5.56 Å². The Bertz CT molecular complexity index is 349. The average Bonchev–Trinajstić information content (AvgIpc) is 2.16. The Morgan fingerprint density at radius 3 is 2.14 bits per heavy atom. The number of carbonyl (C=O) groups is 1. The van der Waals surface area contributed by atoms with E-state index in [1.165, 1.54) is 0 Å². The molecular formula is C12H15NO. The maximum absolute atomic E-state index is 11.7. The van der Waals surface area contributed by atoms with Crippen LogP contribution in [0.3, 0.4) is 0 Å². The zero-order chi connectivity index (χ0) is 10.7. The maximum Gasteiger partial charge on any atom is 0.206 e. The molecule has 74 valence electrons. The van der Waals surface area contributed by atoms with Gasteiger partial charge in [-0.05, 0) is 12.8 Å². The Hall–Kier alpha value is -1.44. The highest BCUT2D eigenvalue weighted by Gasteiger charge is 2.14. The largest absolute Gasteiger partial charge is 0.301 e. The zero-order valence-corrected chi connectivity index (χ0v) is 8.79. The molecule has 0 heterocycles. The molecule has 0 bridgehead atoms. The van der Waals surface area contributed by atoms with Crippen molar-refractivity contribution in [2.24, 2.45) is 5.92 Å². The number of ketones is 1. The summed E-state index contributed by atoms with van der Waals surface area (Å²) in [6, 6.07) is 7.32. The third-order valence-corrected chi connectivity index (χ3v) is 2.14. The SMILES string of the molecule is Cc1ccc(C(=O)C(=N)C(C)C)cc1. The molecule has 2 nitrogen and oxygen atoms in total. The topological polar surface area (TPSA) is 40.9 Å². The highest BCUT2D eigenvalue weighted by Crippen LogP contribution is 2.07. The third-order valence-electron chi connectivity index (χ3n) is 2.14. The van der Waals surface area contributed by atoms with Crippen LogP contribution in [0.5, 0.6) is 0 Å². The molecule has 0 spiro atoms. The first-order valence-electron chi connectivity index (χ1n) is 4.72. The molecule has 0 atom stereocenters. The van der Waals surface area contributed by atoms with Crippen LogP contribution < -0.4 is 0 Å². The van der Waals surface area contributed by atoms with E-state index in [4.69, 9.17) is 5.41 Å². The van der Waals surface area contributed by atoms with Gasteiger partial charge in [0.1, 0.15) is 0 Å². The monoisotopic (exact) mass is 189 g/mol. The summed E-state index contributed by atoms with van der Waals surface area (Å²) in [4.78, 5) is 11.7. The molecule has 1 aromatic rings. The van der Waals surface area contributed by atoms with Crippen LogP contribution in [0.25, 0.3) is 0 Å². The van der Waals surface area contributed by atoms with E-state index in [-0.39, 0.29) is 17.4 Å². The summed E-state index contributed by atoms with van der Waals surface area (Å²) in [5, 5.41) is 7.59. The number of nitrogens with one attached hydrogen (secondary N) is 1. The van der Waals surface area contributed by atoms with Crippen LogP contribution in [0.15, 0.2) is 24.3 Å². The molecule has 0 unspecified atom stereocenters. The number of aryl methyl sites for hydroxylation is 1. The number of Topliss-reactive ketones (excluding diaryl/α,β-unsaturated/α-hetero) is 1. The van der Waals surface area contributed by atoms with Gasteiger partial charge in [-0.3, -0.25) is 4.79 Å². The molecule has 0 fully saturated rings. The zero-order valence-electron chi connectivity index (χ0n) is 8.79. The highest BCUT2D eigenvalue weighted by molar-refractivity contribution is 6.45.